The van der Waals surface area contributed by atoms with Crippen LogP contribution in [0.15, 0.2) is 42.2 Å². The Kier molecular flexibility index (Phi) is 6.71. The maximum atomic E-state index is 12.0. The predicted octanol–water partition coefficient (Wildman–Crippen LogP) is 3.30. The Balaban J connectivity index is 1.74. The first kappa shape index (κ1) is 23.5. The van der Waals surface area contributed by atoms with Crippen LogP contribution in [0.1, 0.15) is 19.4 Å². The van der Waals surface area contributed by atoms with Crippen molar-refractivity contribution in [2.24, 2.45) is 5.92 Å². The summed E-state index contributed by atoms with van der Waals surface area (Å²) in [6.07, 6.45) is 3.16. The average Bonchev–Trinajstić information content (AvgIpc) is 3.30. The van der Waals surface area contributed by atoms with E-state index in [1.54, 1.807) is 28.9 Å². The number of benzene rings is 1. The highest BCUT2D eigenvalue weighted by molar-refractivity contribution is 6.30. The summed E-state index contributed by atoms with van der Waals surface area (Å²) in [6, 6.07) is 8.95. The molecule has 10 nitrogen and oxygen atoms in total. The predicted molar refractivity (Wildman–Crippen MR) is 133 cm³/mol. The molecular formula is C23H27ClN8O2. The van der Waals surface area contributed by atoms with Crippen LogP contribution in [-0.2, 0) is 4.79 Å². The van der Waals surface area contributed by atoms with Crippen molar-refractivity contribution in [1.29, 1.82) is 0 Å². The number of likely N-dealkylation sites (N-methyl/N-ethyl adjacent to an activating group) is 1. The number of aromatic nitrogens is 3. The average molecular weight is 483 g/mol. The van der Waals surface area contributed by atoms with E-state index in [0.717, 1.165) is 11.5 Å². The highest BCUT2D eigenvalue weighted by Crippen LogP contribution is 2.25. The third kappa shape index (κ3) is 5.13. The highest BCUT2D eigenvalue weighted by Gasteiger charge is 2.24. The van der Waals surface area contributed by atoms with Crippen LogP contribution < -0.4 is 21.3 Å². The van der Waals surface area contributed by atoms with Crippen LogP contribution in [0, 0.1) is 5.92 Å². The first-order valence-electron chi connectivity index (χ1n) is 10.9. The maximum absolute atomic E-state index is 12.0. The Morgan fingerprint density at radius 2 is 2.00 bits per heavy atom. The van der Waals surface area contributed by atoms with Crippen LogP contribution in [0.2, 0.25) is 5.02 Å². The summed E-state index contributed by atoms with van der Waals surface area (Å²) in [6.45, 7) is 5.05. The van der Waals surface area contributed by atoms with Crippen LogP contribution in [0.3, 0.4) is 0 Å². The van der Waals surface area contributed by atoms with E-state index in [-0.39, 0.29) is 5.70 Å². The molecule has 3 heterocycles. The third-order valence-electron chi connectivity index (χ3n) is 5.54. The van der Waals surface area contributed by atoms with E-state index >= 15 is 0 Å². The van der Waals surface area contributed by atoms with Gasteiger partial charge in [-0.3, -0.25) is 10.1 Å². The fourth-order valence-corrected chi connectivity index (χ4v) is 4.04. The Bertz CT molecular complexity index is 1260. The number of hydrogen-bond acceptors (Lipinski definition) is 7. The number of anilines is 3. The molecule has 1 aliphatic rings. The molecule has 11 heteroatoms. The lowest BCUT2D eigenvalue weighted by molar-refractivity contribution is -0.115. The number of imide groups is 1. The standard InChI is InChI=1S/C23H27ClN8O2/c1-13(2)18(31(3)4)12-25-20-10-19(27-16-7-5-6-15(24)9-16)29-21-14(11-26-32(20)21)8-17-22(33)30-23(34)28-17/h5-11,13,18,25H,12H2,1-4H3,(H,27,29)(H2,28,30,33,34)/b17-8-. The largest absolute Gasteiger partial charge is 0.368 e. The van der Waals surface area contributed by atoms with Gasteiger partial charge in [-0.15, -0.1) is 0 Å². The number of amides is 3. The van der Waals surface area contributed by atoms with Crippen molar-refractivity contribution in [3.63, 3.8) is 0 Å². The normalized spacial score (nSPS) is 15.8. The first-order valence-corrected chi connectivity index (χ1v) is 11.2. The van der Waals surface area contributed by atoms with Crippen LogP contribution in [0.4, 0.5) is 22.1 Å². The van der Waals surface area contributed by atoms with E-state index in [9.17, 15) is 9.59 Å². The van der Waals surface area contributed by atoms with E-state index in [1.807, 2.05) is 18.2 Å². The minimum absolute atomic E-state index is 0.136. The van der Waals surface area contributed by atoms with Gasteiger partial charge in [-0.25, -0.2) is 9.78 Å². The number of carbonyl (C=O) groups excluding carboxylic acids is 2. The van der Waals surface area contributed by atoms with Gasteiger partial charge in [0.05, 0.1) is 6.20 Å². The van der Waals surface area contributed by atoms with Crippen molar-refractivity contribution in [3.8, 4) is 0 Å². The quantitative estimate of drug-likeness (QED) is 0.287. The number of carbonyl (C=O) groups is 2. The minimum Gasteiger partial charge on any atom is -0.368 e. The number of nitrogens with one attached hydrogen (secondary N) is 4. The molecule has 178 valence electrons. The zero-order valence-electron chi connectivity index (χ0n) is 19.4. The van der Waals surface area contributed by atoms with E-state index in [0.29, 0.717) is 40.6 Å². The molecule has 34 heavy (non-hydrogen) atoms. The van der Waals surface area contributed by atoms with Crippen molar-refractivity contribution in [1.82, 2.24) is 30.1 Å². The lowest BCUT2D eigenvalue weighted by atomic mass is 10.0. The summed E-state index contributed by atoms with van der Waals surface area (Å²) < 4.78 is 1.68. The number of fused-ring (bicyclic) bond motifs is 1. The molecule has 3 aromatic rings. The molecule has 0 bridgehead atoms. The molecule has 1 saturated heterocycles. The molecule has 1 fully saturated rings. The van der Waals surface area contributed by atoms with Gasteiger partial charge >= 0.3 is 6.03 Å². The molecule has 0 radical (unpaired) electrons. The molecule has 4 rings (SSSR count). The summed E-state index contributed by atoms with van der Waals surface area (Å²) in [5.74, 6) is 1.24. The van der Waals surface area contributed by atoms with E-state index in [2.05, 4.69) is 59.2 Å². The first-order chi connectivity index (χ1) is 16.2. The lowest BCUT2D eigenvalue weighted by Crippen LogP contribution is -2.39. The van der Waals surface area contributed by atoms with Crippen LogP contribution in [0.25, 0.3) is 11.7 Å². The van der Waals surface area contributed by atoms with Gasteiger partial charge in [-0.05, 0) is 44.3 Å². The SMILES string of the molecule is CC(C)C(CNc1cc(Nc2cccc(Cl)c2)nc2c(/C=C3\NC(=O)NC3=O)cnn12)N(C)C. The molecule has 0 saturated carbocycles. The second-order valence-corrected chi connectivity index (χ2v) is 9.06. The van der Waals surface area contributed by atoms with Crippen LogP contribution in [0.5, 0.6) is 0 Å². The lowest BCUT2D eigenvalue weighted by Gasteiger charge is -2.28. The van der Waals surface area contributed by atoms with E-state index < -0.39 is 11.9 Å². The number of urea groups is 1. The molecule has 1 aromatic carbocycles. The van der Waals surface area contributed by atoms with Crippen molar-refractivity contribution < 1.29 is 9.59 Å². The zero-order chi connectivity index (χ0) is 24.4. The number of hydrogen-bond donors (Lipinski definition) is 4. The van der Waals surface area contributed by atoms with Gasteiger partial charge in [0.2, 0.25) is 0 Å². The molecule has 2 aromatic heterocycles. The Morgan fingerprint density at radius 3 is 2.65 bits per heavy atom. The van der Waals surface area contributed by atoms with Crippen LogP contribution in [-0.4, -0.2) is 58.1 Å². The van der Waals surface area contributed by atoms with Crippen molar-refractivity contribution >= 4 is 52.6 Å². The smallest absolute Gasteiger partial charge is 0.326 e. The maximum Gasteiger partial charge on any atom is 0.326 e. The van der Waals surface area contributed by atoms with Crippen molar-refractivity contribution in [2.45, 2.75) is 19.9 Å². The van der Waals surface area contributed by atoms with Crippen LogP contribution >= 0.6 is 11.6 Å². The fraction of sp³-hybridized carbons (Fsp3) is 0.304. The molecule has 1 atom stereocenters. The Labute approximate surface area is 202 Å². The molecule has 3 amide bonds. The molecule has 1 aliphatic heterocycles. The summed E-state index contributed by atoms with van der Waals surface area (Å²) in [7, 11) is 4.11. The van der Waals surface area contributed by atoms with Gasteiger partial charge in [0, 0.05) is 34.9 Å². The summed E-state index contributed by atoms with van der Waals surface area (Å²) in [5.41, 5.74) is 2.02. The second-order valence-electron chi connectivity index (χ2n) is 8.62. The molecular weight excluding hydrogens is 456 g/mol. The summed E-state index contributed by atoms with van der Waals surface area (Å²) in [4.78, 5) is 30.4. The Hall–Kier alpha value is -3.63. The summed E-state index contributed by atoms with van der Waals surface area (Å²) in [5, 5.41) is 16.5. The highest BCUT2D eigenvalue weighted by atomic mass is 35.5. The zero-order valence-corrected chi connectivity index (χ0v) is 20.1. The van der Waals surface area contributed by atoms with Gasteiger partial charge in [0.1, 0.15) is 17.3 Å². The monoisotopic (exact) mass is 482 g/mol. The van der Waals surface area contributed by atoms with E-state index in [1.165, 1.54) is 0 Å². The van der Waals surface area contributed by atoms with Gasteiger partial charge < -0.3 is 20.9 Å². The minimum atomic E-state index is -0.560. The molecule has 1 unspecified atom stereocenters. The van der Waals surface area contributed by atoms with E-state index in [4.69, 9.17) is 16.6 Å². The third-order valence-corrected chi connectivity index (χ3v) is 5.78. The van der Waals surface area contributed by atoms with Crippen molar-refractivity contribution in [3.05, 3.63) is 52.8 Å². The Morgan fingerprint density at radius 1 is 1.21 bits per heavy atom. The second kappa shape index (κ2) is 9.70. The van der Waals surface area contributed by atoms with Crippen molar-refractivity contribution in [2.75, 3.05) is 31.3 Å². The topological polar surface area (TPSA) is 116 Å². The molecule has 4 N–H and O–H groups in total. The summed E-state index contributed by atoms with van der Waals surface area (Å²) >= 11 is 6.14. The van der Waals surface area contributed by atoms with Gasteiger partial charge in [-0.1, -0.05) is 31.5 Å². The number of halogens is 1. The number of rotatable bonds is 8. The van der Waals surface area contributed by atoms with Gasteiger partial charge in [0.15, 0.2) is 5.65 Å². The molecule has 0 spiro atoms. The van der Waals surface area contributed by atoms with Gasteiger partial charge in [0.25, 0.3) is 5.91 Å². The van der Waals surface area contributed by atoms with Gasteiger partial charge in [-0.2, -0.15) is 9.61 Å². The number of nitrogens with zero attached hydrogens (tertiary/aromatic N) is 4. The fourth-order valence-electron chi connectivity index (χ4n) is 3.85. The molecule has 0 aliphatic carbocycles.